The molecule has 0 unspecified atom stereocenters. The van der Waals surface area contributed by atoms with Crippen LogP contribution in [0.15, 0.2) is 11.8 Å². The number of nitrogens with one attached hydrogen (secondary N) is 1. The van der Waals surface area contributed by atoms with Gasteiger partial charge >= 0.3 is 0 Å². The number of ether oxygens (including phenoxy) is 1. The predicted octanol–water partition coefficient (Wildman–Crippen LogP) is 3.28. The first-order valence-electron chi connectivity index (χ1n) is 5.05. The first-order chi connectivity index (χ1) is 6.06. The van der Waals surface area contributed by atoms with Gasteiger partial charge in [0.05, 0.1) is 11.5 Å². The summed E-state index contributed by atoms with van der Waals surface area (Å²) in [5, 5.41) is 7.66. The van der Waals surface area contributed by atoms with Crippen LogP contribution in [0.4, 0.5) is 0 Å². The standard InChI is InChI=1S/C11H19NO/c1-4-5-6-7-9-8-10(12)11(2,3)13-9/h8,12H,4-7H2,1-3H3. The van der Waals surface area contributed by atoms with Gasteiger partial charge in [-0.1, -0.05) is 19.8 Å². The van der Waals surface area contributed by atoms with Crippen molar-refractivity contribution in [2.45, 2.75) is 52.1 Å². The van der Waals surface area contributed by atoms with E-state index in [-0.39, 0.29) is 5.60 Å². The summed E-state index contributed by atoms with van der Waals surface area (Å²) in [6, 6.07) is 0. The lowest BCUT2D eigenvalue weighted by Gasteiger charge is -2.19. The van der Waals surface area contributed by atoms with Crippen LogP contribution in [0.1, 0.15) is 46.5 Å². The zero-order chi connectivity index (χ0) is 9.90. The minimum absolute atomic E-state index is 0.387. The minimum Gasteiger partial charge on any atom is -0.486 e. The largest absolute Gasteiger partial charge is 0.486 e. The average molecular weight is 181 g/mol. The first kappa shape index (κ1) is 10.3. The van der Waals surface area contributed by atoms with Gasteiger partial charge in [-0.15, -0.1) is 0 Å². The molecule has 0 bridgehead atoms. The van der Waals surface area contributed by atoms with Gasteiger partial charge in [0.1, 0.15) is 5.60 Å². The van der Waals surface area contributed by atoms with E-state index in [2.05, 4.69) is 6.92 Å². The van der Waals surface area contributed by atoms with Gasteiger partial charge in [0.25, 0.3) is 0 Å². The molecule has 0 aromatic carbocycles. The van der Waals surface area contributed by atoms with Crippen molar-refractivity contribution < 1.29 is 4.74 Å². The SMILES string of the molecule is CCCCCC1=CC(=N)C(C)(C)O1. The quantitative estimate of drug-likeness (QED) is 0.663. The molecule has 1 N–H and O–H groups in total. The fourth-order valence-electron chi connectivity index (χ4n) is 1.42. The third-order valence-electron chi connectivity index (χ3n) is 2.37. The van der Waals surface area contributed by atoms with Gasteiger partial charge in [0.15, 0.2) is 0 Å². The van der Waals surface area contributed by atoms with Crippen molar-refractivity contribution in [2.24, 2.45) is 0 Å². The van der Waals surface area contributed by atoms with Gasteiger partial charge in [-0.3, -0.25) is 0 Å². The summed E-state index contributed by atoms with van der Waals surface area (Å²) in [6.07, 6.45) is 6.50. The Hall–Kier alpha value is -0.790. The van der Waals surface area contributed by atoms with Crippen LogP contribution in [0, 0.1) is 5.41 Å². The molecule has 0 saturated carbocycles. The predicted molar refractivity (Wildman–Crippen MR) is 55.1 cm³/mol. The van der Waals surface area contributed by atoms with Crippen molar-refractivity contribution in [2.75, 3.05) is 0 Å². The van der Waals surface area contributed by atoms with Gasteiger partial charge < -0.3 is 10.1 Å². The van der Waals surface area contributed by atoms with Crippen molar-refractivity contribution in [1.29, 1.82) is 5.41 Å². The second-order valence-electron chi connectivity index (χ2n) is 4.09. The molecule has 1 aliphatic rings. The summed E-state index contributed by atoms with van der Waals surface area (Å²) in [5.74, 6) is 0.989. The number of rotatable bonds is 4. The lowest BCUT2D eigenvalue weighted by molar-refractivity contribution is 0.102. The molecule has 0 aliphatic carbocycles. The first-order valence-corrected chi connectivity index (χ1v) is 5.05. The molecule has 0 saturated heterocycles. The molecule has 0 amide bonds. The molecule has 0 radical (unpaired) electrons. The van der Waals surface area contributed by atoms with Gasteiger partial charge in [-0.25, -0.2) is 0 Å². The molecule has 0 aromatic rings. The fourth-order valence-corrected chi connectivity index (χ4v) is 1.42. The maximum atomic E-state index is 7.66. The van der Waals surface area contributed by atoms with Crippen molar-refractivity contribution in [3.63, 3.8) is 0 Å². The summed E-state index contributed by atoms with van der Waals surface area (Å²) in [5.41, 5.74) is 0.209. The lowest BCUT2D eigenvalue weighted by atomic mass is 10.1. The summed E-state index contributed by atoms with van der Waals surface area (Å²) < 4.78 is 5.64. The van der Waals surface area contributed by atoms with Crippen LogP contribution in [-0.2, 0) is 4.74 Å². The van der Waals surface area contributed by atoms with E-state index in [1.54, 1.807) is 0 Å². The van der Waals surface area contributed by atoms with Crippen LogP contribution in [0.5, 0.6) is 0 Å². The maximum absolute atomic E-state index is 7.66. The Labute approximate surface area is 80.5 Å². The van der Waals surface area contributed by atoms with E-state index in [1.807, 2.05) is 19.9 Å². The van der Waals surface area contributed by atoms with Gasteiger partial charge in [-0.2, -0.15) is 0 Å². The lowest BCUT2D eigenvalue weighted by Crippen LogP contribution is -2.27. The topological polar surface area (TPSA) is 33.1 Å². The van der Waals surface area contributed by atoms with Crippen LogP contribution in [0.3, 0.4) is 0 Å². The number of allylic oxidation sites excluding steroid dienone is 1. The molecule has 0 atom stereocenters. The molecule has 2 nitrogen and oxygen atoms in total. The summed E-state index contributed by atoms with van der Waals surface area (Å²) >= 11 is 0. The van der Waals surface area contributed by atoms with E-state index in [0.717, 1.165) is 12.2 Å². The minimum atomic E-state index is -0.387. The Morgan fingerprint density at radius 3 is 2.54 bits per heavy atom. The summed E-state index contributed by atoms with van der Waals surface area (Å²) in [7, 11) is 0. The normalized spacial score (nSPS) is 19.9. The molecule has 1 aliphatic heterocycles. The fraction of sp³-hybridized carbons (Fsp3) is 0.727. The van der Waals surface area contributed by atoms with E-state index < -0.39 is 0 Å². The third-order valence-corrected chi connectivity index (χ3v) is 2.37. The maximum Gasteiger partial charge on any atom is 0.144 e. The highest BCUT2D eigenvalue weighted by Crippen LogP contribution is 2.27. The Kier molecular flexibility index (Phi) is 3.12. The van der Waals surface area contributed by atoms with E-state index in [0.29, 0.717) is 5.71 Å². The van der Waals surface area contributed by atoms with E-state index >= 15 is 0 Å². The van der Waals surface area contributed by atoms with Crippen LogP contribution < -0.4 is 0 Å². The molecule has 2 heteroatoms. The van der Waals surface area contributed by atoms with Crippen LogP contribution in [0.2, 0.25) is 0 Å². The number of hydrogen-bond acceptors (Lipinski definition) is 2. The van der Waals surface area contributed by atoms with E-state index in [9.17, 15) is 0 Å². The molecule has 1 heterocycles. The van der Waals surface area contributed by atoms with E-state index in [4.69, 9.17) is 10.1 Å². The second-order valence-corrected chi connectivity index (χ2v) is 4.09. The van der Waals surface area contributed by atoms with Crippen molar-refractivity contribution in [3.8, 4) is 0 Å². The highest BCUT2D eigenvalue weighted by molar-refractivity contribution is 6.01. The second kappa shape index (κ2) is 3.95. The molecule has 74 valence electrons. The van der Waals surface area contributed by atoms with Crippen LogP contribution in [0.25, 0.3) is 0 Å². The number of hydrogen-bond donors (Lipinski definition) is 1. The van der Waals surface area contributed by atoms with Crippen molar-refractivity contribution in [1.82, 2.24) is 0 Å². The van der Waals surface area contributed by atoms with Crippen LogP contribution in [-0.4, -0.2) is 11.3 Å². The Morgan fingerprint density at radius 1 is 1.38 bits per heavy atom. The molecular formula is C11H19NO. The third kappa shape index (κ3) is 2.58. The molecule has 0 spiro atoms. The van der Waals surface area contributed by atoms with Crippen LogP contribution >= 0.6 is 0 Å². The van der Waals surface area contributed by atoms with Gasteiger partial charge in [-0.05, 0) is 20.3 Å². The molecule has 13 heavy (non-hydrogen) atoms. The Morgan fingerprint density at radius 2 is 2.08 bits per heavy atom. The van der Waals surface area contributed by atoms with Crippen molar-refractivity contribution >= 4 is 5.71 Å². The monoisotopic (exact) mass is 181 g/mol. The zero-order valence-electron chi connectivity index (χ0n) is 8.81. The van der Waals surface area contributed by atoms with Gasteiger partial charge in [0.2, 0.25) is 0 Å². The van der Waals surface area contributed by atoms with E-state index in [1.165, 1.54) is 19.3 Å². The Balaban J connectivity index is 2.38. The number of unbranched alkanes of at least 4 members (excludes halogenated alkanes) is 2. The zero-order valence-corrected chi connectivity index (χ0v) is 8.81. The summed E-state index contributed by atoms with van der Waals surface area (Å²) in [6.45, 7) is 6.08. The highest BCUT2D eigenvalue weighted by atomic mass is 16.5. The average Bonchev–Trinajstić information content (AvgIpc) is 2.27. The molecule has 0 fully saturated rings. The van der Waals surface area contributed by atoms with Crippen molar-refractivity contribution in [3.05, 3.63) is 11.8 Å². The smallest absolute Gasteiger partial charge is 0.144 e. The highest BCUT2D eigenvalue weighted by Gasteiger charge is 2.31. The molecular weight excluding hydrogens is 162 g/mol. The Bertz CT molecular complexity index is 228. The van der Waals surface area contributed by atoms with Gasteiger partial charge in [0, 0.05) is 12.5 Å². The summed E-state index contributed by atoms with van der Waals surface area (Å²) in [4.78, 5) is 0. The molecule has 0 aromatic heterocycles. The molecule has 1 rings (SSSR count).